The number of nitrogens with one attached hydrogen (secondary N) is 1. The van der Waals surface area contributed by atoms with Crippen LogP contribution in [0.25, 0.3) is 0 Å². The number of aryl methyl sites for hydroxylation is 1. The number of nitrogens with zero attached hydrogens (tertiary/aromatic N) is 1. The molecule has 0 spiro atoms. The van der Waals surface area contributed by atoms with Crippen LogP contribution in [0.4, 0.5) is 0 Å². The van der Waals surface area contributed by atoms with E-state index in [1.54, 1.807) is 25.1 Å². The number of rotatable bonds is 5. The molecule has 0 aromatic heterocycles. The van der Waals surface area contributed by atoms with Crippen molar-refractivity contribution < 1.29 is 13.5 Å². The largest absolute Gasteiger partial charge is 0.392 e. The molecule has 1 heterocycles. The number of hydrogen-bond acceptors (Lipinski definition) is 4. The summed E-state index contributed by atoms with van der Waals surface area (Å²) in [5.41, 5.74) is 1.30. The molecule has 1 aliphatic heterocycles. The minimum atomic E-state index is -3.53. The quantitative estimate of drug-likeness (QED) is 0.858. The van der Waals surface area contributed by atoms with Gasteiger partial charge in [-0.1, -0.05) is 18.6 Å². The first-order valence-corrected chi connectivity index (χ1v) is 8.82. The third kappa shape index (κ3) is 4.03. The summed E-state index contributed by atoms with van der Waals surface area (Å²) in [4.78, 5) is 2.47. The molecule has 1 saturated heterocycles. The number of benzene rings is 1. The number of hydrogen-bond donors (Lipinski definition) is 2. The minimum absolute atomic E-state index is 0.159. The van der Waals surface area contributed by atoms with Gasteiger partial charge in [-0.2, -0.15) is 0 Å². The highest BCUT2D eigenvalue weighted by Gasteiger charge is 2.23. The standard InChI is InChI=1S/C15H24N2O3S/c1-12-6-7-13(11-18)9-15(12)21(19,20)16-10-14-5-3-4-8-17(14)2/h6-7,9,14,16,18H,3-5,8,10-11H2,1-2H3. The second kappa shape index (κ2) is 6.87. The third-order valence-corrected chi connectivity index (χ3v) is 5.72. The molecule has 0 amide bonds. The van der Waals surface area contributed by atoms with E-state index in [9.17, 15) is 8.42 Å². The summed E-state index contributed by atoms with van der Waals surface area (Å²) in [6, 6.07) is 5.27. The van der Waals surface area contributed by atoms with Gasteiger partial charge in [0, 0.05) is 12.6 Å². The predicted octanol–water partition coefficient (Wildman–Crippen LogP) is 1.25. The smallest absolute Gasteiger partial charge is 0.240 e. The number of likely N-dealkylation sites (tertiary alicyclic amines) is 1. The molecule has 2 N–H and O–H groups in total. The maximum atomic E-state index is 12.5. The maximum Gasteiger partial charge on any atom is 0.240 e. The van der Waals surface area contributed by atoms with Gasteiger partial charge in [-0.05, 0) is 50.6 Å². The van der Waals surface area contributed by atoms with Gasteiger partial charge in [0.1, 0.15) is 0 Å². The van der Waals surface area contributed by atoms with E-state index in [-0.39, 0.29) is 17.5 Å². The molecular formula is C15H24N2O3S. The topological polar surface area (TPSA) is 69.6 Å². The molecular weight excluding hydrogens is 288 g/mol. The first kappa shape index (κ1) is 16.4. The summed E-state index contributed by atoms with van der Waals surface area (Å²) < 4.78 is 27.6. The zero-order chi connectivity index (χ0) is 15.5. The van der Waals surface area contributed by atoms with Crippen molar-refractivity contribution >= 4 is 10.0 Å². The highest BCUT2D eigenvalue weighted by molar-refractivity contribution is 7.89. The fourth-order valence-corrected chi connectivity index (χ4v) is 4.08. The lowest BCUT2D eigenvalue weighted by Crippen LogP contribution is -2.44. The van der Waals surface area contributed by atoms with E-state index >= 15 is 0 Å². The van der Waals surface area contributed by atoms with Gasteiger partial charge in [0.05, 0.1) is 11.5 Å². The summed E-state index contributed by atoms with van der Waals surface area (Å²) in [5.74, 6) is 0. The van der Waals surface area contributed by atoms with Crippen molar-refractivity contribution in [1.29, 1.82) is 0 Å². The first-order valence-electron chi connectivity index (χ1n) is 7.34. The molecule has 21 heavy (non-hydrogen) atoms. The number of aliphatic hydroxyl groups excluding tert-OH is 1. The van der Waals surface area contributed by atoms with Crippen molar-refractivity contribution in [3.63, 3.8) is 0 Å². The number of sulfonamides is 1. The molecule has 1 aliphatic rings. The Labute approximate surface area is 127 Å². The molecule has 1 fully saturated rings. The van der Waals surface area contributed by atoms with E-state index in [0.717, 1.165) is 19.4 Å². The molecule has 2 rings (SSSR count). The molecule has 0 saturated carbocycles. The molecule has 5 nitrogen and oxygen atoms in total. The van der Waals surface area contributed by atoms with Crippen LogP contribution in [0.2, 0.25) is 0 Å². The molecule has 1 aromatic carbocycles. The van der Waals surface area contributed by atoms with Crippen molar-refractivity contribution in [2.24, 2.45) is 0 Å². The van der Waals surface area contributed by atoms with E-state index in [4.69, 9.17) is 5.11 Å². The van der Waals surface area contributed by atoms with Gasteiger partial charge < -0.3 is 10.0 Å². The van der Waals surface area contributed by atoms with Crippen LogP contribution in [-0.2, 0) is 16.6 Å². The highest BCUT2D eigenvalue weighted by atomic mass is 32.2. The first-order chi connectivity index (χ1) is 9.94. The van der Waals surface area contributed by atoms with Crippen LogP contribution in [-0.4, -0.2) is 44.6 Å². The summed E-state index contributed by atoms with van der Waals surface area (Å²) >= 11 is 0. The van der Waals surface area contributed by atoms with Gasteiger partial charge in [-0.25, -0.2) is 13.1 Å². The van der Waals surface area contributed by atoms with E-state index in [1.807, 2.05) is 7.05 Å². The Morgan fingerprint density at radius 2 is 2.14 bits per heavy atom. The maximum absolute atomic E-state index is 12.5. The van der Waals surface area contributed by atoms with Crippen LogP contribution in [0.15, 0.2) is 23.1 Å². The fraction of sp³-hybridized carbons (Fsp3) is 0.600. The fourth-order valence-electron chi connectivity index (χ4n) is 2.72. The number of aliphatic hydroxyl groups is 1. The van der Waals surface area contributed by atoms with Crippen LogP contribution < -0.4 is 4.72 Å². The van der Waals surface area contributed by atoms with Crippen molar-refractivity contribution in [1.82, 2.24) is 9.62 Å². The van der Waals surface area contributed by atoms with Gasteiger partial charge in [0.2, 0.25) is 10.0 Å². The number of likely N-dealkylation sites (N-methyl/N-ethyl adjacent to an activating group) is 1. The van der Waals surface area contributed by atoms with Crippen molar-refractivity contribution in [3.05, 3.63) is 29.3 Å². The molecule has 1 atom stereocenters. The summed E-state index contributed by atoms with van der Waals surface area (Å²) in [5, 5.41) is 9.17. The lowest BCUT2D eigenvalue weighted by molar-refractivity contribution is 0.187. The van der Waals surface area contributed by atoms with E-state index in [2.05, 4.69) is 9.62 Å². The predicted molar refractivity (Wildman–Crippen MR) is 82.6 cm³/mol. The molecule has 118 valence electrons. The Kier molecular flexibility index (Phi) is 5.37. The second-order valence-electron chi connectivity index (χ2n) is 5.74. The molecule has 1 unspecified atom stereocenters. The van der Waals surface area contributed by atoms with Gasteiger partial charge in [-0.3, -0.25) is 0 Å². The Bertz CT molecular complexity index is 587. The van der Waals surface area contributed by atoms with Gasteiger partial charge in [0.25, 0.3) is 0 Å². The van der Waals surface area contributed by atoms with E-state index < -0.39 is 10.0 Å². The summed E-state index contributed by atoms with van der Waals surface area (Å²) in [6.07, 6.45) is 3.35. The van der Waals surface area contributed by atoms with Gasteiger partial charge >= 0.3 is 0 Å². The highest BCUT2D eigenvalue weighted by Crippen LogP contribution is 2.19. The summed E-state index contributed by atoms with van der Waals surface area (Å²) in [7, 11) is -1.50. The summed E-state index contributed by atoms with van der Waals surface area (Å²) in [6.45, 7) is 3.06. The lowest BCUT2D eigenvalue weighted by Gasteiger charge is -2.32. The monoisotopic (exact) mass is 312 g/mol. The van der Waals surface area contributed by atoms with Crippen LogP contribution in [0.5, 0.6) is 0 Å². The Morgan fingerprint density at radius 3 is 2.81 bits per heavy atom. The van der Waals surface area contributed by atoms with Crippen molar-refractivity contribution in [2.45, 2.75) is 43.7 Å². The van der Waals surface area contributed by atoms with E-state index in [1.165, 1.54) is 6.42 Å². The average Bonchev–Trinajstić information content (AvgIpc) is 2.47. The molecule has 0 radical (unpaired) electrons. The molecule has 0 bridgehead atoms. The van der Waals surface area contributed by atoms with Crippen LogP contribution in [0.1, 0.15) is 30.4 Å². The van der Waals surface area contributed by atoms with Crippen molar-refractivity contribution in [3.8, 4) is 0 Å². The Morgan fingerprint density at radius 1 is 1.38 bits per heavy atom. The van der Waals surface area contributed by atoms with Crippen LogP contribution in [0.3, 0.4) is 0 Å². The molecule has 1 aromatic rings. The van der Waals surface area contributed by atoms with Crippen LogP contribution >= 0.6 is 0 Å². The minimum Gasteiger partial charge on any atom is -0.392 e. The second-order valence-corrected chi connectivity index (χ2v) is 7.48. The van der Waals surface area contributed by atoms with E-state index in [0.29, 0.717) is 17.7 Å². The molecule has 6 heteroatoms. The van der Waals surface area contributed by atoms with Crippen LogP contribution in [0, 0.1) is 6.92 Å². The Hall–Kier alpha value is -0.950. The molecule has 0 aliphatic carbocycles. The van der Waals surface area contributed by atoms with Crippen molar-refractivity contribution in [2.75, 3.05) is 20.1 Å². The zero-order valence-corrected chi connectivity index (χ0v) is 13.5. The SMILES string of the molecule is Cc1ccc(CO)cc1S(=O)(=O)NCC1CCCCN1C. The lowest BCUT2D eigenvalue weighted by atomic mass is 10.0. The Balaban J connectivity index is 2.11. The average molecular weight is 312 g/mol. The third-order valence-electron chi connectivity index (χ3n) is 4.16. The van der Waals surface area contributed by atoms with Gasteiger partial charge in [0.15, 0.2) is 0 Å². The normalized spacial score (nSPS) is 20.6. The zero-order valence-electron chi connectivity index (χ0n) is 12.7. The van der Waals surface area contributed by atoms with Gasteiger partial charge in [-0.15, -0.1) is 0 Å². The number of piperidine rings is 1.